The first kappa shape index (κ1) is 19.0. The summed E-state index contributed by atoms with van der Waals surface area (Å²) >= 11 is 3.35. The van der Waals surface area contributed by atoms with Gasteiger partial charge in [0.1, 0.15) is 17.4 Å². The van der Waals surface area contributed by atoms with E-state index in [9.17, 15) is 20.0 Å². The summed E-state index contributed by atoms with van der Waals surface area (Å²) in [5.74, 6) is 0. The monoisotopic (exact) mass is 455 g/mol. The molecule has 10 heteroatoms. The maximum Gasteiger partial charge on any atom is 0.294 e. The predicted octanol–water partition coefficient (Wildman–Crippen LogP) is 2.99. The Hall–Kier alpha value is -3.37. The first-order valence-electron chi connectivity index (χ1n) is 8.56. The predicted molar refractivity (Wildman–Crippen MR) is 109 cm³/mol. The number of nitro benzene ring substituents is 1. The van der Waals surface area contributed by atoms with Crippen LogP contribution in [0.25, 0.3) is 16.7 Å². The number of halogens is 1. The van der Waals surface area contributed by atoms with E-state index in [4.69, 9.17) is 0 Å². The second-order valence-electron chi connectivity index (χ2n) is 6.31. The summed E-state index contributed by atoms with van der Waals surface area (Å²) < 4.78 is 3.38. The third-order valence-electron chi connectivity index (χ3n) is 4.46. The summed E-state index contributed by atoms with van der Waals surface area (Å²) in [6.45, 7) is 0.00882. The van der Waals surface area contributed by atoms with E-state index in [-0.39, 0.29) is 29.0 Å². The fraction of sp³-hybridized carbons (Fsp3) is 0.105. The topological polar surface area (TPSA) is 116 Å². The third-order valence-corrected chi connectivity index (χ3v) is 4.96. The molecule has 2 heterocycles. The van der Waals surface area contributed by atoms with Crippen LogP contribution in [-0.4, -0.2) is 29.4 Å². The molecule has 0 aliphatic rings. The van der Waals surface area contributed by atoms with Crippen LogP contribution in [0.15, 0.2) is 70.3 Å². The summed E-state index contributed by atoms with van der Waals surface area (Å²) in [6, 6.07) is 13.3. The van der Waals surface area contributed by atoms with Gasteiger partial charge in [0.25, 0.3) is 11.2 Å². The van der Waals surface area contributed by atoms with Gasteiger partial charge < -0.3 is 5.11 Å². The average Bonchev–Trinajstić information content (AvgIpc) is 3.14. The molecule has 1 N–H and O–H groups in total. The van der Waals surface area contributed by atoms with Crippen molar-refractivity contribution in [1.29, 1.82) is 0 Å². The lowest BCUT2D eigenvalue weighted by atomic mass is 10.1. The molecule has 29 heavy (non-hydrogen) atoms. The van der Waals surface area contributed by atoms with E-state index in [1.165, 1.54) is 33.9 Å². The van der Waals surface area contributed by atoms with Crippen molar-refractivity contribution in [3.05, 3.63) is 91.6 Å². The fourth-order valence-electron chi connectivity index (χ4n) is 3.06. The van der Waals surface area contributed by atoms with Crippen LogP contribution < -0.4 is 5.56 Å². The molecular formula is C19H14BrN5O4. The van der Waals surface area contributed by atoms with Gasteiger partial charge in [-0.05, 0) is 23.8 Å². The van der Waals surface area contributed by atoms with Crippen molar-refractivity contribution in [3.63, 3.8) is 0 Å². The maximum absolute atomic E-state index is 12.8. The molecule has 1 unspecified atom stereocenters. The molecule has 2 aromatic heterocycles. The van der Waals surface area contributed by atoms with Gasteiger partial charge in [0, 0.05) is 10.5 Å². The standard InChI is InChI=1S/C19H14BrN5O4/c20-13-5-3-4-12(8-13)17(26)10-23-11-21-18-14(19(23)27)9-22-24(18)15-6-1-2-7-16(15)25(28)29/h1-9,11,17,26H,10H2. The summed E-state index contributed by atoms with van der Waals surface area (Å²) in [7, 11) is 0. The number of nitrogens with zero attached hydrogens (tertiary/aromatic N) is 5. The maximum atomic E-state index is 12.8. The average molecular weight is 456 g/mol. The Morgan fingerprint density at radius 2 is 2.00 bits per heavy atom. The van der Waals surface area contributed by atoms with Gasteiger partial charge in [0.2, 0.25) is 0 Å². The Labute approximate surface area is 172 Å². The number of aliphatic hydroxyl groups is 1. The molecule has 146 valence electrons. The highest BCUT2D eigenvalue weighted by atomic mass is 79.9. The number of benzene rings is 2. The first-order valence-corrected chi connectivity index (χ1v) is 9.35. The Morgan fingerprint density at radius 3 is 2.76 bits per heavy atom. The summed E-state index contributed by atoms with van der Waals surface area (Å²) in [5.41, 5.74) is 0.535. The third kappa shape index (κ3) is 3.55. The van der Waals surface area contributed by atoms with Crippen LogP contribution in [0.5, 0.6) is 0 Å². The van der Waals surface area contributed by atoms with Gasteiger partial charge in [-0.1, -0.05) is 40.2 Å². The van der Waals surface area contributed by atoms with Crippen molar-refractivity contribution in [2.24, 2.45) is 0 Å². The zero-order valence-electron chi connectivity index (χ0n) is 14.8. The van der Waals surface area contributed by atoms with E-state index in [1.54, 1.807) is 30.3 Å². The highest BCUT2D eigenvalue weighted by molar-refractivity contribution is 9.10. The van der Waals surface area contributed by atoms with Crippen LogP contribution >= 0.6 is 15.9 Å². The van der Waals surface area contributed by atoms with Gasteiger partial charge in [-0.3, -0.25) is 19.5 Å². The first-order chi connectivity index (χ1) is 14.0. The normalized spacial score (nSPS) is 12.2. The summed E-state index contributed by atoms with van der Waals surface area (Å²) in [5, 5.41) is 26.1. The lowest BCUT2D eigenvalue weighted by Gasteiger charge is -2.13. The van der Waals surface area contributed by atoms with Crippen LogP contribution in [0.4, 0.5) is 5.69 Å². The van der Waals surface area contributed by atoms with Crippen molar-refractivity contribution < 1.29 is 10.0 Å². The van der Waals surface area contributed by atoms with Gasteiger partial charge in [-0.25, -0.2) is 9.67 Å². The molecule has 0 aliphatic carbocycles. The second-order valence-corrected chi connectivity index (χ2v) is 7.23. The van der Waals surface area contributed by atoms with Crippen LogP contribution in [-0.2, 0) is 6.54 Å². The van der Waals surface area contributed by atoms with Gasteiger partial charge in [0.15, 0.2) is 5.65 Å². The van der Waals surface area contributed by atoms with E-state index in [0.717, 1.165) is 4.47 Å². The van der Waals surface area contributed by atoms with Crippen LogP contribution in [0.2, 0.25) is 0 Å². The van der Waals surface area contributed by atoms with E-state index >= 15 is 0 Å². The number of para-hydroxylation sites is 2. The Bertz CT molecular complexity index is 1280. The summed E-state index contributed by atoms with van der Waals surface area (Å²) in [6.07, 6.45) is 1.72. The highest BCUT2D eigenvalue weighted by Gasteiger charge is 2.19. The van der Waals surface area contributed by atoms with E-state index in [2.05, 4.69) is 26.0 Å². The van der Waals surface area contributed by atoms with E-state index in [1.807, 2.05) is 6.07 Å². The van der Waals surface area contributed by atoms with Gasteiger partial charge >= 0.3 is 0 Å². The van der Waals surface area contributed by atoms with Crippen molar-refractivity contribution in [2.75, 3.05) is 0 Å². The molecule has 0 aliphatic heterocycles. The van der Waals surface area contributed by atoms with Crippen LogP contribution in [0.1, 0.15) is 11.7 Å². The zero-order chi connectivity index (χ0) is 20.5. The lowest BCUT2D eigenvalue weighted by Crippen LogP contribution is -2.23. The molecule has 1 atom stereocenters. The van der Waals surface area contributed by atoms with Crippen molar-refractivity contribution in [1.82, 2.24) is 19.3 Å². The molecule has 4 aromatic rings. The Morgan fingerprint density at radius 1 is 1.21 bits per heavy atom. The summed E-state index contributed by atoms with van der Waals surface area (Å²) in [4.78, 5) is 27.9. The number of nitro groups is 1. The molecule has 4 rings (SSSR count). The SMILES string of the molecule is O=c1c2cnn(-c3ccccc3[N+](=O)[O-])c2ncn1CC(O)c1cccc(Br)c1. The van der Waals surface area contributed by atoms with Gasteiger partial charge in [-0.15, -0.1) is 0 Å². The molecule has 2 aromatic carbocycles. The smallest absolute Gasteiger partial charge is 0.294 e. The number of rotatable bonds is 5. The van der Waals surface area contributed by atoms with Crippen molar-refractivity contribution in [2.45, 2.75) is 12.6 Å². The van der Waals surface area contributed by atoms with Crippen LogP contribution in [0.3, 0.4) is 0 Å². The molecule has 0 amide bonds. The molecule has 0 saturated heterocycles. The van der Waals surface area contributed by atoms with Gasteiger partial charge in [0.05, 0.1) is 23.8 Å². The zero-order valence-corrected chi connectivity index (χ0v) is 16.4. The molecule has 0 fully saturated rings. The van der Waals surface area contributed by atoms with E-state index in [0.29, 0.717) is 5.56 Å². The second kappa shape index (κ2) is 7.57. The quantitative estimate of drug-likeness (QED) is 0.365. The van der Waals surface area contributed by atoms with Crippen molar-refractivity contribution >= 4 is 32.7 Å². The number of hydrogen-bond donors (Lipinski definition) is 1. The Kier molecular flexibility index (Phi) is 4.95. The highest BCUT2D eigenvalue weighted by Crippen LogP contribution is 2.24. The molecular weight excluding hydrogens is 442 g/mol. The minimum atomic E-state index is -0.908. The molecule has 9 nitrogen and oxygen atoms in total. The molecule has 0 spiro atoms. The molecule has 0 radical (unpaired) electrons. The van der Waals surface area contributed by atoms with Gasteiger partial charge in [-0.2, -0.15) is 5.10 Å². The number of aromatic nitrogens is 4. The van der Waals surface area contributed by atoms with Crippen molar-refractivity contribution in [3.8, 4) is 5.69 Å². The minimum absolute atomic E-state index is 0.00882. The molecule has 0 saturated carbocycles. The lowest BCUT2D eigenvalue weighted by molar-refractivity contribution is -0.384. The largest absolute Gasteiger partial charge is 0.387 e. The Balaban J connectivity index is 1.74. The minimum Gasteiger partial charge on any atom is -0.387 e. The number of fused-ring (bicyclic) bond motifs is 1. The fourth-order valence-corrected chi connectivity index (χ4v) is 3.48. The van der Waals surface area contributed by atoms with E-state index < -0.39 is 16.6 Å². The number of hydrogen-bond acceptors (Lipinski definition) is 6. The molecule has 0 bridgehead atoms. The number of aliphatic hydroxyl groups excluding tert-OH is 1. The van der Waals surface area contributed by atoms with Crippen LogP contribution in [0, 0.1) is 10.1 Å².